The fourth-order valence-corrected chi connectivity index (χ4v) is 2.79. The summed E-state index contributed by atoms with van der Waals surface area (Å²) in [6.07, 6.45) is 1.06. The molecule has 0 saturated carbocycles. The number of amides is 1. The van der Waals surface area contributed by atoms with Crippen LogP contribution in [0.4, 0.5) is 11.4 Å². The number of aryl methyl sites for hydroxylation is 1. The van der Waals surface area contributed by atoms with E-state index in [1.54, 1.807) is 31.2 Å². The quantitative estimate of drug-likeness (QED) is 0.795. The summed E-state index contributed by atoms with van der Waals surface area (Å²) in [6.45, 7) is 1.70. The SMILES string of the molecule is COC(=O)c1cccc(NC(=O)c2ccc(NS(C)(=O)=O)c(C)c2)c1. The van der Waals surface area contributed by atoms with E-state index in [1.807, 2.05) is 0 Å². The highest BCUT2D eigenvalue weighted by atomic mass is 32.2. The average molecular weight is 362 g/mol. The second-order valence-corrected chi connectivity index (χ2v) is 7.18. The van der Waals surface area contributed by atoms with E-state index in [2.05, 4.69) is 14.8 Å². The van der Waals surface area contributed by atoms with E-state index in [0.717, 1.165) is 6.26 Å². The lowest BCUT2D eigenvalue weighted by atomic mass is 10.1. The average Bonchev–Trinajstić information content (AvgIpc) is 2.55. The molecular weight excluding hydrogens is 344 g/mol. The van der Waals surface area contributed by atoms with Crippen molar-refractivity contribution in [3.63, 3.8) is 0 Å². The largest absolute Gasteiger partial charge is 0.465 e. The summed E-state index contributed by atoms with van der Waals surface area (Å²) in [5, 5.41) is 2.69. The lowest BCUT2D eigenvalue weighted by molar-refractivity contribution is 0.0600. The fraction of sp³-hybridized carbons (Fsp3) is 0.176. The molecule has 2 rings (SSSR count). The Labute approximate surface area is 146 Å². The number of hydrogen-bond acceptors (Lipinski definition) is 5. The number of nitrogens with one attached hydrogen (secondary N) is 2. The van der Waals surface area contributed by atoms with Crippen LogP contribution in [0.15, 0.2) is 42.5 Å². The van der Waals surface area contributed by atoms with Gasteiger partial charge in [-0.2, -0.15) is 0 Å². The maximum absolute atomic E-state index is 12.3. The smallest absolute Gasteiger partial charge is 0.337 e. The summed E-state index contributed by atoms with van der Waals surface area (Å²) in [4.78, 5) is 23.9. The molecule has 0 saturated heterocycles. The predicted molar refractivity (Wildman–Crippen MR) is 95.4 cm³/mol. The van der Waals surface area contributed by atoms with Gasteiger partial charge in [-0.05, 0) is 48.9 Å². The van der Waals surface area contributed by atoms with Crippen LogP contribution in [0.25, 0.3) is 0 Å². The number of benzene rings is 2. The Hall–Kier alpha value is -2.87. The third-order valence-corrected chi connectivity index (χ3v) is 3.92. The zero-order valence-corrected chi connectivity index (χ0v) is 14.8. The molecule has 2 N–H and O–H groups in total. The first-order chi connectivity index (χ1) is 11.7. The summed E-state index contributed by atoms with van der Waals surface area (Å²) in [6, 6.07) is 11.0. The van der Waals surface area contributed by atoms with Gasteiger partial charge in [-0.3, -0.25) is 9.52 Å². The van der Waals surface area contributed by atoms with Gasteiger partial charge in [-0.15, -0.1) is 0 Å². The number of rotatable bonds is 5. The van der Waals surface area contributed by atoms with Crippen LogP contribution < -0.4 is 10.0 Å². The molecule has 0 atom stereocenters. The summed E-state index contributed by atoms with van der Waals surface area (Å²) in [5.41, 5.74) is 2.15. The highest BCUT2D eigenvalue weighted by molar-refractivity contribution is 7.92. The molecule has 0 spiro atoms. The van der Waals surface area contributed by atoms with Crippen molar-refractivity contribution in [3.8, 4) is 0 Å². The molecule has 0 unspecified atom stereocenters. The van der Waals surface area contributed by atoms with Gasteiger partial charge >= 0.3 is 5.97 Å². The van der Waals surface area contributed by atoms with E-state index >= 15 is 0 Å². The Balaban J connectivity index is 2.19. The molecule has 1 amide bonds. The molecule has 2 aromatic carbocycles. The number of sulfonamides is 1. The van der Waals surface area contributed by atoms with Gasteiger partial charge in [0.1, 0.15) is 0 Å². The maximum Gasteiger partial charge on any atom is 0.337 e. The minimum atomic E-state index is -3.39. The number of carbonyl (C=O) groups excluding carboxylic acids is 2. The summed E-state index contributed by atoms with van der Waals surface area (Å²) >= 11 is 0. The zero-order valence-electron chi connectivity index (χ0n) is 14.0. The van der Waals surface area contributed by atoms with Crippen molar-refractivity contribution in [2.45, 2.75) is 6.92 Å². The summed E-state index contributed by atoms with van der Waals surface area (Å²) in [7, 11) is -2.11. The molecule has 0 aromatic heterocycles. The van der Waals surface area contributed by atoms with Crippen LogP contribution in [0.2, 0.25) is 0 Å². The minimum absolute atomic E-state index is 0.323. The van der Waals surface area contributed by atoms with Gasteiger partial charge in [-0.25, -0.2) is 13.2 Å². The topological polar surface area (TPSA) is 102 Å². The molecule has 132 valence electrons. The Kier molecular flexibility index (Phi) is 5.43. The van der Waals surface area contributed by atoms with Gasteiger partial charge in [0, 0.05) is 11.3 Å². The van der Waals surface area contributed by atoms with Crippen LogP contribution in [0.3, 0.4) is 0 Å². The van der Waals surface area contributed by atoms with Crippen LogP contribution in [0, 0.1) is 6.92 Å². The van der Waals surface area contributed by atoms with Gasteiger partial charge < -0.3 is 10.1 Å². The Morgan fingerprint density at radius 1 is 1.04 bits per heavy atom. The first kappa shape index (κ1) is 18.5. The van der Waals surface area contributed by atoms with Gasteiger partial charge in [0.15, 0.2) is 0 Å². The number of methoxy groups -OCH3 is 1. The van der Waals surface area contributed by atoms with Gasteiger partial charge in [0.25, 0.3) is 5.91 Å². The van der Waals surface area contributed by atoms with Crippen molar-refractivity contribution in [1.29, 1.82) is 0 Å². The molecule has 0 heterocycles. The van der Waals surface area contributed by atoms with E-state index in [9.17, 15) is 18.0 Å². The molecular formula is C17H18N2O5S. The van der Waals surface area contributed by atoms with Crippen LogP contribution >= 0.6 is 0 Å². The number of ether oxygens (including phenoxy) is 1. The third-order valence-electron chi connectivity index (χ3n) is 3.33. The van der Waals surface area contributed by atoms with Crippen molar-refractivity contribution in [1.82, 2.24) is 0 Å². The lowest BCUT2D eigenvalue weighted by Gasteiger charge is -2.10. The third kappa shape index (κ3) is 5.05. The van der Waals surface area contributed by atoms with Gasteiger partial charge in [0.05, 0.1) is 24.6 Å². The highest BCUT2D eigenvalue weighted by Gasteiger charge is 2.12. The highest BCUT2D eigenvalue weighted by Crippen LogP contribution is 2.19. The maximum atomic E-state index is 12.3. The molecule has 25 heavy (non-hydrogen) atoms. The van der Waals surface area contributed by atoms with E-state index in [1.165, 1.54) is 25.3 Å². The van der Waals surface area contributed by atoms with Crippen LogP contribution in [-0.2, 0) is 14.8 Å². The van der Waals surface area contributed by atoms with Crippen LogP contribution in [-0.4, -0.2) is 33.7 Å². The molecule has 2 aromatic rings. The molecule has 7 nitrogen and oxygen atoms in total. The first-order valence-corrected chi connectivity index (χ1v) is 9.17. The monoisotopic (exact) mass is 362 g/mol. The van der Waals surface area contributed by atoms with E-state index in [-0.39, 0.29) is 5.91 Å². The Morgan fingerprint density at radius 3 is 2.36 bits per heavy atom. The molecule has 0 aliphatic heterocycles. The van der Waals surface area contributed by atoms with Crippen LogP contribution in [0.1, 0.15) is 26.3 Å². The van der Waals surface area contributed by atoms with E-state index < -0.39 is 16.0 Å². The van der Waals surface area contributed by atoms with E-state index in [0.29, 0.717) is 28.1 Å². The predicted octanol–water partition coefficient (Wildman–Crippen LogP) is 2.41. The van der Waals surface area contributed by atoms with Crippen LogP contribution in [0.5, 0.6) is 0 Å². The Morgan fingerprint density at radius 2 is 1.76 bits per heavy atom. The minimum Gasteiger partial charge on any atom is -0.465 e. The number of carbonyl (C=O) groups is 2. The van der Waals surface area contributed by atoms with Crippen molar-refractivity contribution in [2.75, 3.05) is 23.4 Å². The van der Waals surface area contributed by atoms with Crippen molar-refractivity contribution < 1.29 is 22.7 Å². The van der Waals surface area contributed by atoms with Gasteiger partial charge in [0.2, 0.25) is 10.0 Å². The molecule has 0 radical (unpaired) electrons. The molecule has 0 fully saturated rings. The molecule has 8 heteroatoms. The first-order valence-electron chi connectivity index (χ1n) is 7.28. The standard InChI is InChI=1S/C17H18N2O5S/c1-11-9-12(7-8-15(11)19-25(3,22)23)16(20)18-14-6-4-5-13(10-14)17(21)24-2/h4-10,19H,1-3H3,(H,18,20). The summed E-state index contributed by atoms with van der Waals surface area (Å²) < 4.78 is 29.6. The lowest BCUT2D eigenvalue weighted by Crippen LogP contribution is -2.14. The fourth-order valence-electron chi connectivity index (χ4n) is 2.16. The molecule has 0 aliphatic carbocycles. The molecule has 0 aliphatic rings. The van der Waals surface area contributed by atoms with E-state index in [4.69, 9.17) is 0 Å². The number of hydrogen-bond donors (Lipinski definition) is 2. The molecule has 0 bridgehead atoms. The van der Waals surface area contributed by atoms with Crippen molar-refractivity contribution in [2.24, 2.45) is 0 Å². The van der Waals surface area contributed by atoms with Crippen molar-refractivity contribution in [3.05, 3.63) is 59.2 Å². The number of esters is 1. The zero-order chi connectivity index (χ0) is 18.6. The second kappa shape index (κ2) is 7.35. The summed E-state index contributed by atoms with van der Waals surface area (Å²) in [5.74, 6) is -0.876. The van der Waals surface area contributed by atoms with Gasteiger partial charge in [-0.1, -0.05) is 6.07 Å². The number of anilines is 2. The normalized spacial score (nSPS) is 10.8. The van der Waals surface area contributed by atoms with Crippen molar-refractivity contribution >= 4 is 33.3 Å². The Bertz CT molecular complexity index is 922. The second-order valence-electron chi connectivity index (χ2n) is 5.43.